The van der Waals surface area contributed by atoms with Crippen molar-refractivity contribution in [2.45, 2.75) is 13.0 Å². The molecule has 4 N–H and O–H groups in total. The molecule has 0 aromatic carbocycles. The lowest BCUT2D eigenvalue weighted by atomic mass is 10.2. The first-order valence-corrected chi connectivity index (χ1v) is 4.61. The summed E-state index contributed by atoms with van der Waals surface area (Å²) in [7, 11) is 0. The maximum atomic E-state index is 11.6. The molecular weight excluding hydrogens is 220 g/mol. The molecule has 0 radical (unpaired) electrons. The second-order valence-electron chi connectivity index (χ2n) is 2.98. The summed E-state index contributed by atoms with van der Waals surface area (Å²) in [4.78, 5) is 18.9. The molecule has 1 aromatic rings. The van der Waals surface area contributed by atoms with Crippen LogP contribution >= 0.6 is 11.6 Å². The first-order chi connectivity index (χ1) is 7.06. The Balaban J connectivity index is 2.91. The van der Waals surface area contributed by atoms with Crippen LogP contribution in [0.25, 0.3) is 0 Å². The van der Waals surface area contributed by atoms with Crippen molar-refractivity contribution >= 4 is 23.3 Å². The van der Waals surface area contributed by atoms with Crippen molar-refractivity contribution in [3.8, 4) is 0 Å². The van der Waals surface area contributed by atoms with Crippen LogP contribution in [0.3, 0.4) is 0 Å². The molecule has 0 fully saturated rings. The number of rotatable bonds is 3. The summed E-state index contributed by atoms with van der Waals surface area (Å²) in [6.07, 6.45) is 1.17. The number of nitrogens with two attached hydrogens (primary N) is 1. The van der Waals surface area contributed by atoms with Gasteiger partial charge in [0.15, 0.2) is 0 Å². The average molecular weight is 231 g/mol. The number of carbonyl (C=O) groups excluding carboxylic acids is 1. The molecule has 0 aliphatic heterocycles. The number of nitrogens with one attached hydrogen (secondary N) is 1. The van der Waals surface area contributed by atoms with E-state index in [1.807, 2.05) is 0 Å². The minimum Gasteiger partial charge on any atom is -0.394 e. The molecular formula is C8H11ClN4O2. The van der Waals surface area contributed by atoms with Gasteiger partial charge in [-0.05, 0) is 6.92 Å². The summed E-state index contributed by atoms with van der Waals surface area (Å²) < 4.78 is 0. The zero-order valence-electron chi connectivity index (χ0n) is 8.07. The summed E-state index contributed by atoms with van der Waals surface area (Å²) in [5.41, 5.74) is 5.51. The van der Waals surface area contributed by atoms with E-state index in [-0.39, 0.29) is 29.2 Å². The van der Waals surface area contributed by atoms with Crippen molar-refractivity contribution in [2.75, 3.05) is 12.3 Å². The highest BCUT2D eigenvalue weighted by atomic mass is 35.5. The van der Waals surface area contributed by atoms with Gasteiger partial charge in [-0.25, -0.2) is 9.97 Å². The van der Waals surface area contributed by atoms with Crippen LogP contribution in [0.15, 0.2) is 6.33 Å². The number of anilines is 1. The van der Waals surface area contributed by atoms with E-state index in [1.165, 1.54) is 6.33 Å². The number of halogens is 1. The summed E-state index contributed by atoms with van der Waals surface area (Å²) in [6, 6.07) is -0.381. The lowest BCUT2D eigenvalue weighted by Gasteiger charge is -2.11. The van der Waals surface area contributed by atoms with E-state index in [2.05, 4.69) is 15.3 Å². The van der Waals surface area contributed by atoms with Crippen LogP contribution in [-0.2, 0) is 0 Å². The minimum atomic E-state index is -0.500. The zero-order chi connectivity index (χ0) is 11.4. The number of aliphatic hydroxyl groups excluding tert-OH is 1. The monoisotopic (exact) mass is 230 g/mol. The molecule has 0 saturated heterocycles. The van der Waals surface area contributed by atoms with Gasteiger partial charge in [0.1, 0.15) is 22.9 Å². The minimum absolute atomic E-state index is 0.00913. The van der Waals surface area contributed by atoms with Crippen molar-refractivity contribution in [1.29, 1.82) is 0 Å². The fourth-order valence-corrected chi connectivity index (χ4v) is 1.15. The molecule has 1 unspecified atom stereocenters. The largest absolute Gasteiger partial charge is 0.394 e. The Morgan fingerprint density at radius 1 is 1.73 bits per heavy atom. The predicted octanol–water partition coefficient (Wildman–Crippen LogP) is -0.177. The SMILES string of the molecule is CC(CO)NC(=O)c1c(N)ncnc1Cl. The van der Waals surface area contributed by atoms with E-state index in [0.717, 1.165) is 0 Å². The Kier molecular flexibility index (Phi) is 3.81. The van der Waals surface area contributed by atoms with Crippen LogP contribution in [0.4, 0.5) is 5.82 Å². The maximum Gasteiger partial charge on any atom is 0.258 e. The summed E-state index contributed by atoms with van der Waals surface area (Å²) >= 11 is 5.70. The van der Waals surface area contributed by atoms with Crippen LogP contribution in [0.5, 0.6) is 0 Å². The van der Waals surface area contributed by atoms with Crippen molar-refractivity contribution in [1.82, 2.24) is 15.3 Å². The van der Waals surface area contributed by atoms with Crippen molar-refractivity contribution < 1.29 is 9.90 Å². The van der Waals surface area contributed by atoms with Crippen LogP contribution in [0.2, 0.25) is 5.15 Å². The molecule has 1 amide bonds. The third-order valence-electron chi connectivity index (χ3n) is 1.71. The van der Waals surface area contributed by atoms with Gasteiger partial charge < -0.3 is 16.2 Å². The lowest BCUT2D eigenvalue weighted by Crippen LogP contribution is -2.35. The van der Waals surface area contributed by atoms with Crippen molar-refractivity contribution in [3.05, 3.63) is 17.0 Å². The van der Waals surface area contributed by atoms with Crippen LogP contribution in [0, 0.1) is 0 Å². The number of carbonyl (C=O) groups is 1. The van der Waals surface area contributed by atoms with Gasteiger partial charge in [0.05, 0.1) is 6.61 Å². The number of aromatic nitrogens is 2. The average Bonchev–Trinajstić information content (AvgIpc) is 2.17. The topological polar surface area (TPSA) is 101 Å². The molecule has 0 aliphatic carbocycles. The number of nitrogen functional groups attached to an aromatic ring is 1. The third-order valence-corrected chi connectivity index (χ3v) is 2.00. The first kappa shape index (κ1) is 11.7. The van der Waals surface area contributed by atoms with Gasteiger partial charge in [-0.1, -0.05) is 11.6 Å². The Hall–Kier alpha value is -1.40. The highest BCUT2D eigenvalue weighted by molar-refractivity contribution is 6.33. The zero-order valence-corrected chi connectivity index (χ0v) is 8.82. The lowest BCUT2D eigenvalue weighted by molar-refractivity contribution is 0.0922. The van der Waals surface area contributed by atoms with E-state index in [9.17, 15) is 4.79 Å². The number of aliphatic hydroxyl groups is 1. The number of hydrogen-bond acceptors (Lipinski definition) is 5. The van der Waals surface area contributed by atoms with Gasteiger partial charge >= 0.3 is 0 Å². The van der Waals surface area contributed by atoms with Gasteiger partial charge in [0.25, 0.3) is 5.91 Å². The first-order valence-electron chi connectivity index (χ1n) is 4.24. The van der Waals surface area contributed by atoms with Crippen molar-refractivity contribution in [3.63, 3.8) is 0 Å². The Labute approximate surface area is 91.5 Å². The summed E-state index contributed by atoms with van der Waals surface area (Å²) in [5, 5.41) is 11.2. The van der Waals surface area contributed by atoms with E-state index >= 15 is 0 Å². The smallest absolute Gasteiger partial charge is 0.258 e. The van der Waals surface area contributed by atoms with Crippen LogP contribution in [-0.4, -0.2) is 33.6 Å². The predicted molar refractivity (Wildman–Crippen MR) is 55.5 cm³/mol. The molecule has 6 nitrogen and oxygen atoms in total. The Morgan fingerprint density at radius 3 is 2.93 bits per heavy atom. The molecule has 1 heterocycles. The fourth-order valence-electron chi connectivity index (χ4n) is 0.928. The second kappa shape index (κ2) is 4.90. The van der Waals surface area contributed by atoms with Gasteiger partial charge in [0.2, 0.25) is 0 Å². The van der Waals surface area contributed by atoms with E-state index < -0.39 is 5.91 Å². The highest BCUT2D eigenvalue weighted by Crippen LogP contribution is 2.16. The molecule has 1 aromatic heterocycles. The standard InChI is InChI=1S/C8H11ClN4O2/c1-4(2-14)13-8(15)5-6(9)11-3-12-7(5)10/h3-4,14H,2H2,1H3,(H,13,15)(H2,10,11,12). The van der Waals surface area contributed by atoms with Crippen molar-refractivity contribution in [2.24, 2.45) is 0 Å². The quantitative estimate of drug-likeness (QED) is 0.626. The number of amides is 1. The van der Waals surface area contributed by atoms with Gasteiger partial charge in [-0.15, -0.1) is 0 Å². The van der Waals surface area contributed by atoms with Gasteiger partial charge in [0, 0.05) is 6.04 Å². The summed E-state index contributed by atoms with van der Waals surface area (Å²) in [5.74, 6) is -0.489. The normalized spacial score (nSPS) is 12.2. The molecule has 0 bridgehead atoms. The Bertz CT molecular complexity index is 351. The summed E-state index contributed by atoms with van der Waals surface area (Å²) in [6.45, 7) is 1.47. The van der Waals surface area contributed by atoms with Gasteiger partial charge in [-0.3, -0.25) is 4.79 Å². The maximum absolute atomic E-state index is 11.6. The van der Waals surface area contributed by atoms with E-state index in [1.54, 1.807) is 6.92 Å². The molecule has 7 heteroatoms. The van der Waals surface area contributed by atoms with E-state index in [0.29, 0.717) is 0 Å². The molecule has 15 heavy (non-hydrogen) atoms. The highest BCUT2D eigenvalue weighted by Gasteiger charge is 2.17. The molecule has 1 rings (SSSR count). The second-order valence-corrected chi connectivity index (χ2v) is 3.34. The van der Waals surface area contributed by atoms with E-state index in [4.69, 9.17) is 22.4 Å². The number of hydrogen-bond donors (Lipinski definition) is 3. The molecule has 1 atom stereocenters. The third kappa shape index (κ3) is 2.77. The van der Waals surface area contributed by atoms with Gasteiger partial charge in [-0.2, -0.15) is 0 Å². The molecule has 0 spiro atoms. The fraction of sp³-hybridized carbons (Fsp3) is 0.375. The molecule has 82 valence electrons. The molecule has 0 saturated carbocycles. The van der Waals surface area contributed by atoms with Crippen LogP contribution < -0.4 is 11.1 Å². The van der Waals surface area contributed by atoms with Crippen LogP contribution in [0.1, 0.15) is 17.3 Å². The number of nitrogens with zero attached hydrogens (tertiary/aromatic N) is 2. The Morgan fingerprint density at radius 2 is 2.40 bits per heavy atom. The molecule has 0 aliphatic rings.